The third-order valence-corrected chi connectivity index (χ3v) is 7.32. The van der Waals surface area contributed by atoms with Crippen molar-refractivity contribution in [3.8, 4) is 0 Å². The first kappa shape index (κ1) is 34.1. The number of hydrogen-bond acceptors (Lipinski definition) is 6. The second-order valence-electron chi connectivity index (χ2n) is 10.9. The quantitative estimate of drug-likeness (QED) is 0.0917. The first-order valence-electron chi connectivity index (χ1n) is 15.8. The Morgan fingerprint density at radius 3 is 1.87 bits per heavy atom. The van der Waals surface area contributed by atoms with E-state index < -0.39 is 6.09 Å². The van der Waals surface area contributed by atoms with E-state index in [9.17, 15) is 9.59 Å². The van der Waals surface area contributed by atoms with Gasteiger partial charge in [-0.3, -0.25) is 4.79 Å². The van der Waals surface area contributed by atoms with Gasteiger partial charge in [-0.2, -0.15) is 4.68 Å². The van der Waals surface area contributed by atoms with E-state index >= 15 is 0 Å². The highest BCUT2D eigenvalue weighted by Gasteiger charge is 2.16. The predicted octanol–water partition coefficient (Wildman–Crippen LogP) is 9.04. The lowest BCUT2D eigenvalue weighted by molar-refractivity contribution is -0.145. The summed E-state index contributed by atoms with van der Waals surface area (Å²) in [6.45, 7) is 7.27. The fraction of sp³-hybridized carbons (Fsp3) is 0.871. The van der Waals surface area contributed by atoms with E-state index in [0.29, 0.717) is 18.9 Å². The highest BCUT2D eigenvalue weighted by atomic mass is 16.6. The summed E-state index contributed by atoms with van der Waals surface area (Å²) in [6.07, 6.45) is 25.5. The Labute approximate surface area is 232 Å². The molecule has 0 bridgehead atoms. The molecule has 2 unspecified atom stereocenters. The molecule has 0 radical (unpaired) electrons. The van der Waals surface area contributed by atoms with Crippen LogP contribution in [0.2, 0.25) is 0 Å². The van der Waals surface area contributed by atoms with Gasteiger partial charge < -0.3 is 9.47 Å². The fourth-order valence-corrected chi connectivity index (χ4v) is 4.86. The van der Waals surface area contributed by atoms with Crippen LogP contribution in [0, 0.1) is 5.92 Å². The molecular weight excluding hydrogens is 478 g/mol. The van der Waals surface area contributed by atoms with E-state index in [1.54, 1.807) is 0 Å². The maximum atomic E-state index is 12.3. The number of carbonyl (C=O) groups is 2. The van der Waals surface area contributed by atoms with Crippen molar-refractivity contribution < 1.29 is 19.1 Å². The van der Waals surface area contributed by atoms with Gasteiger partial charge in [0.05, 0.1) is 6.61 Å². The van der Waals surface area contributed by atoms with E-state index in [0.717, 1.165) is 62.5 Å². The van der Waals surface area contributed by atoms with Crippen LogP contribution in [0.3, 0.4) is 0 Å². The third-order valence-electron chi connectivity index (χ3n) is 7.32. The van der Waals surface area contributed by atoms with Crippen LogP contribution in [-0.2, 0) is 14.3 Å². The van der Waals surface area contributed by atoms with Crippen molar-refractivity contribution in [1.29, 1.82) is 0 Å². The molecule has 0 aliphatic rings. The van der Waals surface area contributed by atoms with Gasteiger partial charge in [0, 0.05) is 6.42 Å². The lowest BCUT2D eigenvalue weighted by Gasteiger charge is -2.17. The van der Waals surface area contributed by atoms with E-state index in [4.69, 9.17) is 9.47 Å². The number of esters is 1. The Kier molecular flexibility index (Phi) is 21.7. The average molecular weight is 536 g/mol. The van der Waals surface area contributed by atoms with Crippen LogP contribution < -0.4 is 0 Å². The van der Waals surface area contributed by atoms with E-state index in [1.807, 2.05) is 0 Å². The molecule has 220 valence electrons. The van der Waals surface area contributed by atoms with Gasteiger partial charge in [-0.1, -0.05) is 104 Å². The number of hydrogen-bond donors (Lipinski definition) is 0. The topological polar surface area (TPSA) is 83.3 Å². The van der Waals surface area contributed by atoms with Gasteiger partial charge in [0.1, 0.15) is 18.8 Å². The van der Waals surface area contributed by atoms with Crippen molar-refractivity contribution in [2.24, 2.45) is 5.92 Å². The molecule has 0 aromatic carbocycles. The van der Waals surface area contributed by atoms with Gasteiger partial charge in [0.25, 0.3) is 0 Å². The lowest BCUT2D eigenvalue weighted by Crippen LogP contribution is -2.23. The van der Waals surface area contributed by atoms with Crippen LogP contribution >= 0.6 is 0 Å². The lowest BCUT2D eigenvalue weighted by atomic mass is 9.96. The first-order chi connectivity index (χ1) is 18.6. The normalized spacial score (nSPS) is 12.8. The molecule has 7 nitrogen and oxygen atoms in total. The molecule has 1 heterocycles. The summed E-state index contributed by atoms with van der Waals surface area (Å²) in [7, 11) is 0. The molecule has 38 heavy (non-hydrogen) atoms. The molecule has 0 saturated heterocycles. The number of unbranched alkanes of at least 4 members (excludes halogenated alkanes) is 12. The van der Waals surface area contributed by atoms with E-state index in [-0.39, 0.29) is 12.1 Å². The van der Waals surface area contributed by atoms with Gasteiger partial charge in [0.2, 0.25) is 0 Å². The SMILES string of the molecule is CCCCCCC(CCCC)COC(=O)CCCCCCCCC(CCCCCC)OC(=O)n1cncn1. The Morgan fingerprint density at radius 2 is 1.26 bits per heavy atom. The van der Waals surface area contributed by atoms with Crippen molar-refractivity contribution in [2.45, 2.75) is 162 Å². The van der Waals surface area contributed by atoms with Gasteiger partial charge in [-0.25, -0.2) is 9.78 Å². The van der Waals surface area contributed by atoms with Crippen molar-refractivity contribution in [1.82, 2.24) is 14.8 Å². The highest BCUT2D eigenvalue weighted by Crippen LogP contribution is 2.19. The number of carbonyl (C=O) groups excluding carboxylic acids is 2. The molecule has 2 atom stereocenters. The molecule has 0 amide bonds. The van der Waals surface area contributed by atoms with Gasteiger partial charge in [-0.15, -0.1) is 5.10 Å². The zero-order valence-electron chi connectivity index (χ0n) is 24.8. The standard InChI is InChI=1S/C31H57N3O4/c1-4-7-10-16-21-28(20-9-6-3)25-37-30(35)24-19-15-13-12-14-18-23-29(22-17-11-8-5-2)38-31(36)34-27-32-26-33-34/h26-29H,4-25H2,1-3H3. The summed E-state index contributed by atoms with van der Waals surface area (Å²) in [5.74, 6) is 0.502. The maximum Gasteiger partial charge on any atom is 0.436 e. The predicted molar refractivity (Wildman–Crippen MR) is 154 cm³/mol. The summed E-state index contributed by atoms with van der Waals surface area (Å²) in [5, 5.41) is 3.88. The van der Waals surface area contributed by atoms with E-state index in [1.165, 1.54) is 83.3 Å². The summed E-state index contributed by atoms with van der Waals surface area (Å²) in [6, 6.07) is 0. The van der Waals surface area contributed by atoms with E-state index in [2.05, 4.69) is 30.9 Å². The van der Waals surface area contributed by atoms with Crippen LogP contribution in [0.25, 0.3) is 0 Å². The number of rotatable bonds is 25. The summed E-state index contributed by atoms with van der Waals surface area (Å²) in [4.78, 5) is 28.3. The molecule has 1 aromatic rings. The molecule has 0 N–H and O–H groups in total. The Balaban J connectivity index is 2.16. The van der Waals surface area contributed by atoms with Crippen molar-refractivity contribution in [3.63, 3.8) is 0 Å². The molecule has 0 spiro atoms. The summed E-state index contributed by atoms with van der Waals surface area (Å²) < 4.78 is 12.5. The van der Waals surface area contributed by atoms with Crippen LogP contribution in [0.5, 0.6) is 0 Å². The molecule has 7 heteroatoms. The molecule has 0 aliphatic heterocycles. The monoisotopic (exact) mass is 535 g/mol. The smallest absolute Gasteiger partial charge is 0.436 e. The third kappa shape index (κ3) is 18.4. The van der Waals surface area contributed by atoms with Gasteiger partial charge >= 0.3 is 12.1 Å². The minimum absolute atomic E-state index is 0.0276. The van der Waals surface area contributed by atoms with Crippen LogP contribution in [-0.4, -0.2) is 39.5 Å². The molecule has 0 saturated carbocycles. The number of aromatic nitrogens is 3. The summed E-state index contributed by atoms with van der Waals surface area (Å²) in [5.41, 5.74) is 0. The second-order valence-corrected chi connectivity index (χ2v) is 10.9. The minimum atomic E-state index is -0.442. The van der Waals surface area contributed by atoms with Crippen LogP contribution in [0.1, 0.15) is 156 Å². The largest absolute Gasteiger partial charge is 0.465 e. The molecule has 0 fully saturated rings. The molecular formula is C31H57N3O4. The minimum Gasteiger partial charge on any atom is -0.465 e. The number of ether oxygens (including phenoxy) is 2. The summed E-state index contributed by atoms with van der Waals surface area (Å²) >= 11 is 0. The Hall–Kier alpha value is -1.92. The van der Waals surface area contributed by atoms with Crippen LogP contribution in [0.15, 0.2) is 12.7 Å². The van der Waals surface area contributed by atoms with Gasteiger partial charge in [-0.05, 0) is 50.9 Å². The van der Waals surface area contributed by atoms with Gasteiger partial charge in [0.15, 0.2) is 0 Å². The van der Waals surface area contributed by atoms with Crippen molar-refractivity contribution >= 4 is 12.1 Å². The van der Waals surface area contributed by atoms with Crippen molar-refractivity contribution in [3.05, 3.63) is 12.7 Å². The number of nitrogens with zero attached hydrogens (tertiary/aromatic N) is 3. The van der Waals surface area contributed by atoms with Crippen LogP contribution in [0.4, 0.5) is 4.79 Å². The molecule has 1 aromatic heterocycles. The Morgan fingerprint density at radius 1 is 0.711 bits per heavy atom. The first-order valence-corrected chi connectivity index (χ1v) is 15.8. The average Bonchev–Trinajstić information content (AvgIpc) is 3.46. The molecule has 1 rings (SSSR count). The zero-order valence-corrected chi connectivity index (χ0v) is 24.8. The second kappa shape index (κ2) is 24.1. The molecule has 0 aliphatic carbocycles. The maximum absolute atomic E-state index is 12.3. The van der Waals surface area contributed by atoms with Crippen molar-refractivity contribution in [2.75, 3.05) is 6.61 Å². The Bertz CT molecular complexity index is 681. The fourth-order valence-electron chi connectivity index (χ4n) is 4.86. The highest BCUT2D eigenvalue weighted by molar-refractivity contribution is 5.69. The zero-order chi connectivity index (χ0) is 27.7.